The third-order valence-electron chi connectivity index (χ3n) is 2.27. The van der Waals surface area contributed by atoms with Crippen molar-refractivity contribution in [1.29, 1.82) is 0 Å². The zero-order valence-corrected chi connectivity index (χ0v) is 10.8. The lowest BCUT2D eigenvalue weighted by Gasteiger charge is -2.08. The average Bonchev–Trinajstić information content (AvgIpc) is 2.36. The van der Waals surface area contributed by atoms with Gasteiger partial charge in [-0.1, -0.05) is 23.2 Å². The molecule has 1 amide bonds. The number of rotatable bonds is 2. The number of hydrogen-bond acceptors (Lipinski definition) is 3. The molecule has 2 aromatic rings. The number of pyridine rings is 1. The lowest BCUT2D eigenvalue weighted by molar-refractivity contribution is 0.102. The number of amides is 1. The van der Waals surface area contributed by atoms with Crippen molar-refractivity contribution in [2.75, 3.05) is 5.32 Å². The first kappa shape index (κ1) is 13.6. The van der Waals surface area contributed by atoms with Crippen LogP contribution in [0.15, 0.2) is 30.5 Å². The number of nitrogens with one attached hydrogen (secondary N) is 1. The Morgan fingerprint density at radius 3 is 2.74 bits per heavy atom. The topological polar surface area (TPSA) is 62.2 Å². The monoisotopic (exact) mass is 300 g/mol. The van der Waals surface area contributed by atoms with Crippen molar-refractivity contribution in [3.8, 4) is 5.75 Å². The average molecular weight is 301 g/mol. The van der Waals surface area contributed by atoms with E-state index in [4.69, 9.17) is 23.2 Å². The molecule has 19 heavy (non-hydrogen) atoms. The van der Waals surface area contributed by atoms with Gasteiger partial charge < -0.3 is 10.4 Å². The summed E-state index contributed by atoms with van der Waals surface area (Å²) in [7, 11) is 0. The first-order chi connectivity index (χ1) is 8.99. The van der Waals surface area contributed by atoms with Crippen LogP contribution in [0, 0.1) is 5.82 Å². The Morgan fingerprint density at radius 1 is 1.32 bits per heavy atom. The molecule has 0 spiro atoms. The minimum atomic E-state index is -0.763. The summed E-state index contributed by atoms with van der Waals surface area (Å²) >= 11 is 11.3. The van der Waals surface area contributed by atoms with Crippen molar-refractivity contribution in [3.63, 3.8) is 0 Å². The fraction of sp³-hybridized carbons (Fsp3) is 0. The number of carbonyl (C=O) groups is 1. The van der Waals surface area contributed by atoms with Crippen molar-refractivity contribution in [2.24, 2.45) is 0 Å². The molecule has 0 aliphatic carbocycles. The van der Waals surface area contributed by atoms with Gasteiger partial charge in [-0.2, -0.15) is 0 Å². The predicted octanol–water partition coefficient (Wildman–Crippen LogP) is 3.49. The van der Waals surface area contributed by atoms with E-state index in [2.05, 4.69) is 10.3 Å². The van der Waals surface area contributed by atoms with Crippen LogP contribution >= 0.6 is 23.2 Å². The van der Waals surface area contributed by atoms with E-state index in [1.165, 1.54) is 18.3 Å². The normalized spacial score (nSPS) is 10.3. The van der Waals surface area contributed by atoms with Crippen molar-refractivity contribution in [2.45, 2.75) is 0 Å². The van der Waals surface area contributed by atoms with Gasteiger partial charge in [0.15, 0.2) is 11.6 Å². The zero-order valence-electron chi connectivity index (χ0n) is 9.32. The molecule has 4 nitrogen and oxygen atoms in total. The number of hydrogen-bond donors (Lipinski definition) is 2. The molecule has 1 aromatic heterocycles. The van der Waals surface area contributed by atoms with Crippen LogP contribution in [0.5, 0.6) is 5.75 Å². The van der Waals surface area contributed by atoms with E-state index in [9.17, 15) is 14.3 Å². The second kappa shape index (κ2) is 5.42. The maximum absolute atomic E-state index is 13.3. The second-order valence-corrected chi connectivity index (χ2v) is 4.39. The number of aromatic hydroxyl groups is 1. The summed E-state index contributed by atoms with van der Waals surface area (Å²) < 4.78 is 13.3. The van der Waals surface area contributed by atoms with Gasteiger partial charge in [0.25, 0.3) is 5.91 Å². The van der Waals surface area contributed by atoms with Crippen LogP contribution in [0.3, 0.4) is 0 Å². The number of aromatic nitrogens is 1. The smallest absolute Gasteiger partial charge is 0.258 e. The molecule has 0 aliphatic heterocycles. The Bertz CT molecular complexity index is 650. The molecule has 98 valence electrons. The van der Waals surface area contributed by atoms with Gasteiger partial charge >= 0.3 is 0 Å². The molecule has 2 rings (SSSR count). The highest BCUT2D eigenvalue weighted by Gasteiger charge is 2.16. The molecular formula is C12H7Cl2FN2O2. The minimum Gasteiger partial charge on any atom is -0.504 e. The van der Waals surface area contributed by atoms with Crippen LogP contribution in [0.4, 0.5) is 10.2 Å². The molecule has 0 aliphatic rings. The van der Waals surface area contributed by atoms with Crippen LogP contribution in [-0.4, -0.2) is 16.0 Å². The van der Waals surface area contributed by atoms with E-state index < -0.39 is 11.7 Å². The van der Waals surface area contributed by atoms with Crippen LogP contribution in [0.2, 0.25) is 10.0 Å². The van der Waals surface area contributed by atoms with E-state index in [1.807, 2.05) is 0 Å². The highest BCUT2D eigenvalue weighted by Crippen LogP contribution is 2.26. The van der Waals surface area contributed by atoms with E-state index in [-0.39, 0.29) is 27.2 Å². The first-order valence-electron chi connectivity index (χ1n) is 5.09. The minimum absolute atomic E-state index is 0.000629. The Hall–Kier alpha value is -1.85. The molecule has 0 atom stereocenters. The molecule has 0 fully saturated rings. The highest BCUT2D eigenvalue weighted by molar-refractivity contribution is 6.37. The van der Waals surface area contributed by atoms with Gasteiger partial charge in [-0.05, 0) is 24.3 Å². The Balaban J connectivity index is 2.31. The van der Waals surface area contributed by atoms with Crippen molar-refractivity contribution in [3.05, 3.63) is 51.9 Å². The summed E-state index contributed by atoms with van der Waals surface area (Å²) in [6.45, 7) is 0. The maximum atomic E-state index is 13.3. The molecule has 0 radical (unpaired) electrons. The molecular weight excluding hydrogens is 294 g/mol. The van der Waals surface area contributed by atoms with Gasteiger partial charge in [0.2, 0.25) is 0 Å². The quantitative estimate of drug-likeness (QED) is 0.835. The Kier molecular flexibility index (Phi) is 3.87. The van der Waals surface area contributed by atoms with Gasteiger partial charge in [0.05, 0.1) is 15.6 Å². The van der Waals surface area contributed by atoms with E-state index in [0.29, 0.717) is 0 Å². The van der Waals surface area contributed by atoms with Crippen molar-refractivity contribution < 1.29 is 14.3 Å². The third-order valence-corrected chi connectivity index (χ3v) is 2.88. The predicted molar refractivity (Wildman–Crippen MR) is 70.3 cm³/mol. The molecule has 1 aromatic carbocycles. The standard InChI is InChI=1S/C12H7Cl2FN2O2/c13-7-5-8(14)9(15)4-6(7)12(19)17-11-10(18)2-1-3-16-11/h1-5,18H,(H,16,17,19). The molecule has 0 unspecified atom stereocenters. The number of nitrogens with zero attached hydrogens (tertiary/aromatic N) is 1. The summed E-state index contributed by atoms with van der Waals surface area (Å²) in [5, 5.41) is 11.6. The van der Waals surface area contributed by atoms with Gasteiger partial charge in [-0.3, -0.25) is 4.79 Å². The first-order valence-corrected chi connectivity index (χ1v) is 5.84. The highest BCUT2D eigenvalue weighted by atomic mass is 35.5. The summed E-state index contributed by atoms with van der Waals surface area (Å²) in [6.07, 6.45) is 1.39. The molecule has 0 bridgehead atoms. The summed E-state index contributed by atoms with van der Waals surface area (Å²) in [5.74, 6) is -1.71. The summed E-state index contributed by atoms with van der Waals surface area (Å²) in [5.41, 5.74) is -0.103. The Labute approximate surface area is 117 Å². The summed E-state index contributed by atoms with van der Waals surface area (Å²) in [6, 6.07) is 4.90. The van der Waals surface area contributed by atoms with Crippen molar-refractivity contribution in [1.82, 2.24) is 4.98 Å². The zero-order chi connectivity index (χ0) is 14.0. The largest absolute Gasteiger partial charge is 0.504 e. The molecule has 0 saturated heterocycles. The lowest BCUT2D eigenvalue weighted by Crippen LogP contribution is -2.14. The van der Waals surface area contributed by atoms with Crippen LogP contribution in [0.1, 0.15) is 10.4 Å². The summed E-state index contributed by atoms with van der Waals surface area (Å²) in [4.78, 5) is 15.7. The molecule has 7 heteroatoms. The van der Waals surface area contributed by atoms with E-state index >= 15 is 0 Å². The number of benzene rings is 1. The fourth-order valence-electron chi connectivity index (χ4n) is 1.36. The van der Waals surface area contributed by atoms with Gasteiger partial charge in [-0.15, -0.1) is 0 Å². The number of halogens is 3. The second-order valence-electron chi connectivity index (χ2n) is 3.57. The van der Waals surface area contributed by atoms with Crippen LogP contribution < -0.4 is 5.32 Å². The van der Waals surface area contributed by atoms with Gasteiger partial charge in [-0.25, -0.2) is 9.37 Å². The number of carbonyl (C=O) groups excluding carboxylic acids is 1. The molecule has 0 saturated carbocycles. The van der Waals surface area contributed by atoms with Crippen LogP contribution in [-0.2, 0) is 0 Å². The fourth-order valence-corrected chi connectivity index (χ4v) is 1.83. The third kappa shape index (κ3) is 2.94. The van der Waals surface area contributed by atoms with E-state index in [0.717, 1.165) is 12.1 Å². The molecule has 2 N–H and O–H groups in total. The SMILES string of the molecule is O=C(Nc1ncccc1O)c1cc(F)c(Cl)cc1Cl. The van der Waals surface area contributed by atoms with Gasteiger partial charge in [0.1, 0.15) is 5.82 Å². The van der Waals surface area contributed by atoms with E-state index in [1.54, 1.807) is 0 Å². The van der Waals surface area contributed by atoms with Crippen LogP contribution in [0.25, 0.3) is 0 Å². The van der Waals surface area contributed by atoms with Crippen molar-refractivity contribution >= 4 is 34.9 Å². The number of anilines is 1. The van der Waals surface area contributed by atoms with Gasteiger partial charge in [0, 0.05) is 6.20 Å². The maximum Gasteiger partial charge on any atom is 0.258 e. The lowest BCUT2D eigenvalue weighted by atomic mass is 10.2. The molecule has 1 heterocycles. The Morgan fingerprint density at radius 2 is 2.05 bits per heavy atom.